The second-order valence-electron chi connectivity index (χ2n) is 9.02. The van der Waals surface area contributed by atoms with Crippen LogP contribution in [-0.4, -0.2) is 54.0 Å². The van der Waals surface area contributed by atoms with Crippen molar-refractivity contribution in [2.24, 2.45) is 0 Å². The standard InChI is InChI=1S/C26H35N3O6/c1-26(2,3)35-25(33)27-17-19-9-13-22(14-10-19)28-24(32)29(15-5-6-16-30)18-20-7-11-21(12-8-20)23(31)34-4/h7-14,30H,5-6,15-18H2,1-4H3,(H,27,33)(H,28,32). The Labute approximate surface area is 206 Å². The van der Waals surface area contributed by atoms with E-state index in [1.54, 1.807) is 62.1 Å². The highest BCUT2D eigenvalue weighted by Crippen LogP contribution is 2.14. The number of unbranched alkanes of at least 4 members (excludes halogenated alkanes) is 1. The van der Waals surface area contributed by atoms with Gasteiger partial charge in [-0.25, -0.2) is 14.4 Å². The number of benzene rings is 2. The normalized spacial score (nSPS) is 10.9. The van der Waals surface area contributed by atoms with E-state index < -0.39 is 17.7 Å². The summed E-state index contributed by atoms with van der Waals surface area (Å²) in [5.41, 5.74) is 2.21. The van der Waals surface area contributed by atoms with Crippen LogP contribution in [0.15, 0.2) is 48.5 Å². The van der Waals surface area contributed by atoms with E-state index in [0.717, 1.165) is 11.1 Å². The molecule has 190 valence electrons. The van der Waals surface area contributed by atoms with Gasteiger partial charge in [0.05, 0.1) is 12.7 Å². The molecular weight excluding hydrogens is 450 g/mol. The molecule has 0 spiro atoms. The molecule has 0 atom stereocenters. The number of amides is 3. The van der Waals surface area contributed by atoms with Crippen molar-refractivity contribution in [2.45, 2.75) is 52.3 Å². The molecule has 0 aromatic heterocycles. The predicted octanol–water partition coefficient (Wildman–Crippen LogP) is 4.30. The number of esters is 1. The summed E-state index contributed by atoms with van der Waals surface area (Å²) in [5.74, 6) is -0.418. The fourth-order valence-electron chi connectivity index (χ4n) is 3.15. The van der Waals surface area contributed by atoms with Crippen LogP contribution >= 0.6 is 0 Å². The van der Waals surface area contributed by atoms with E-state index in [1.807, 2.05) is 12.1 Å². The minimum Gasteiger partial charge on any atom is -0.465 e. The van der Waals surface area contributed by atoms with E-state index in [1.165, 1.54) is 7.11 Å². The molecule has 9 nitrogen and oxygen atoms in total. The number of carbonyl (C=O) groups excluding carboxylic acids is 3. The smallest absolute Gasteiger partial charge is 0.407 e. The summed E-state index contributed by atoms with van der Waals surface area (Å²) in [4.78, 5) is 38.1. The van der Waals surface area contributed by atoms with Gasteiger partial charge in [-0.15, -0.1) is 0 Å². The lowest BCUT2D eigenvalue weighted by atomic mass is 10.1. The van der Waals surface area contributed by atoms with Crippen LogP contribution < -0.4 is 10.6 Å². The molecule has 0 radical (unpaired) electrons. The van der Waals surface area contributed by atoms with Gasteiger partial charge in [0.25, 0.3) is 0 Å². The molecule has 2 rings (SSSR count). The van der Waals surface area contributed by atoms with Gasteiger partial charge in [0.15, 0.2) is 0 Å². The lowest BCUT2D eigenvalue weighted by Crippen LogP contribution is -2.35. The van der Waals surface area contributed by atoms with Crippen LogP contribution in [-0.2, 0) is 22.6 Å². The molecule has 2 aromatic rings. The number of aliphatic hydroxyl groups is 1. The molecule has 0 heterocycles. The maximum Gasteiger partial charge on any atom is 0.407 e. The number of rotatable bonds is 10. The molecule has 9 heteroatoms. The lowest BCUT2D eigenvalue weighted by Gasteiger charge is -2.23. The number of methoxy groups -OCH3 is 1. The highest BCUT2D eigenvalue weighted by atomic mass is 16.6. The van der Waals surface area contributed by atoms with Crippen LogP contribution in [0.3, 0.4) is 0 Å². The van der Waals surface area contributed by atoms with Crippen molar-refractivity contribution in [1.82, 2.24) is 10.2 Å². The summed E-state index contributed by atoms with van der Waals surface area (Å²) in [7, 11) is 1.33. The zero-order chi connectivity index (χ0) is 25.8. The van der Waals surface area contributed by atoms with Gasteiger partial charge in [-0.05, 0) is 69.0 Å². The van der Waals surface area contributed by atoms with E-state index in [2.05, 4.69) is 10.6 Å². The van der Waals surface area contributed by atoms with Crippen LogP contribution in [0.1, 0.15) is 55.1 Å². The van der Waals surface area contributed by atoms with Gasteiger partial charge in [-0.1, -0.05) is 24.3 Å². The number of hydrogen-bond donors (Lipinski definition) is 3. The first-order chi connectivity index (χ1) is 16.6. The second-order valence-corrected chi connectivity index (χ2v) is 9.02. The largest absolute Gasteiger partial charge is 0.465 e. The fraction of sp³-hybridized carbons (Fsp3) is 0.423. The zero-order valence-corrected chi connectivity index (χ0v) is 20.8. The van der Waals surface area contributed by atoms with Crippen LogP contribution in [0.5, 0.6) is 0 Å². The number of ether oxygens (including phenoxy) is 2. The van der Waals surface area contributed by atoms with Crippen molar-refractivity contribution in [2.75, 3.05) is 25.6 Å². The van der Waals surface area contributed by atoms with E-state index in [0.29, 0.717) is 43.7 Å². The molecule has 2 aromatic carbocycles. The molecule has 0 fully saturated rings. The van der Waals surface area contributed by atoms with Crippen LogP contribution in [0.2, 0.25) is 0 Å². The van der Waals surface area contributed by atoms with E-state index in [4.69, 9.17) is 14.6 Å². The maximum atomic E-state index is 13.0. The third kappa shape index (κ3) is 10.1. The number of anilines is 1. The highest BCUT2D eigenvalue weighted by molar-refractivity contribution is 5.90. The summed E-state index contributed by atoms with van der Waals surface area (Å²) in [6.45, 7) is 6.57. The van der Waals surface area contributed by atoms with E-state index >= 15 is 0 Å². The molecule has 0 unspecified atom stereocenters. The average Bonchev–Trinajstić information content (AvgIpc) is 2.82. The van der Waals surface area contributed by atoms with Gasteiger partial charge < -0.3 is 30.1 Å². The highest BCUT2D eigenvalue weighted by Gasteiger charge is 2.17. The lowest BCUT2D eigenvalue weighted by molar-refractivity contribution is 0.0522. The predicted molar refractivity (Wildman–Crippen MR) is 133 cm³/mol. The Balaban J connectivity index is 1.98. The first kappa shape index (κ1) is 27.7. The second kappa shape index (κ2) is 13.3. The average molecular weight is 486 g/mol. The molecule has 0 aliphatic carbocycles. The number of urea groups is 1. The quantitative estimate of drug-likeness (QED) is 0.341. The number of aliphatic hydroxyl groups excluding tert-OH is 1. The van der Waals surface area contributed by atoms with Crippen LogP contribution in [0, 0.1) is 0 Å². The Kier molecular flexibility index (Phi) is 10.5. The summed E-state index contributed by atoms with van der Waals surface area (Å²) in [5, 5.41) is 14.7. The minimum absolute atomic E-state index is 0.0576. The van der Waals surface area contributed by atoms with Gasteiger partial charge in [-0.3, -0.25) is 0 Å². The Morgan fingerprint density at radius 1 is 0.943 bits per heavy atom. The van der Waals surface area contributed by atoms with Gasteiger partial charge in [0.1, 0.15) is 5.60 Å². The van der Waals surface area contributed by atoms with Gasteiger partial charge in [0, 0.05) is 31.9 Å². The number of nitrogens with one attached hydrogen (secondary N) is 2. The Morgan fingerprint density at radius 3 is 2.14 bits per heavy atom. The summed E-state index contributed by atoms with van der Waals surface area (Å²) in [6.07, 6.45) is 0.747. The first-order valence-electron chi connectivity index (χ1n) is 11.5. The molecule has 0 saturated carbocycles. The summed E-state index contributed by atoms with van der Waals surface area (Å²) < 4.78 is 9.94. The Morgan fingerprint density at radius 2 is 1.57 bits per heavy atom. The number of hydrogen-bond acceptors (Lipinski definition) is 6. The minimum atomic E-state index is -0.565. The van der Waals surface area contributed by atoms with Crippen LogP contribution in [0.4, 0.5) is 15.3 Å². The van der Waals surface area contributed by atoms with Crippen molar-refractivity contribution in [3.63, 3.8) is 0 Å². The van der Waals surface area contributed by atoms with Gasteiger partial charge in [0.2, 0.25) is 0 Å². The van der Waals surface area contributed by atoms with Crippen molar-refractivity contribution < 1.29 is 29.0 Å². The zero-order valence-electron chi connectivity index (χ0n) is 20.8. The molecule has 0 aliphatic heterocycles. The Bertz CT molecular complexity index is 968. The molecule has 3 N–H and O–H groups in total. The number of alkyl carbamates (subject to hydrolysis) is 1. The third-order valence-corrected chi connectivity index (χ3v) is 4.91. The third-order valence-electron chi connectivity index (χ3n) is 4.91. The first-order valence-corrected chi connectivity index (χ1v) is 11.5. The summed E-state index contributed by atoms with van der Waals surface area (Å²) >= 11 is 0. The van der Waals surface area contributed by atoms with E-state index in [9.17, 15) is 14.4 Å². The molecule has 0 saturated heterocycles. The number of nitrogens with zero attached hydrogens (tertiary/aromatic N) is 1. The molecule has 0 aliphatic rings. The van der Waals surface area contributed by atoms with Gasteiger partial charge in [-0.2, -0.15) is 0 Å². The van der Waals surface area contributed by atoms with Crippen molar-refractivity contribution >= 4 is 23.8 Å². The fourth-order valence-corrected chi connectivity index (χ4v) is 3.15. The van der Waals surface area contributed by atoms with Crippen molar-refractivity contribution in [3.05, 3.63) is 65.2 Å². The van der Waals surface area contributed by atoms with Gasteiger partial charge >= 0.3 is 18.1 Å². The van der Waals surface area contributed by atoms with Crippen molar-refractivity contribution in [3.8, 4) is 0 Å². The molecule has 0 bridgehead atoms. The van der Waals surface area contributed by atoms with Crippen molar-refractivity contribution in [1.29, 1.82) is 0 Å². The SMILES string of the molecule is COC(=O)c1ccc(CN(CCCCO)C(=O)Nc2ccc(CNC(=O)OC(C)(C)C)cc2)cc1. The topological polar surface area (TPSA) is 117 Å². The monoisotopic (exact) mass is 485 g/mol. The maximum absolute atomic E-state index is 13.0. The molecular formula is C26H35N3O6. The van der Waals surface area contributed by atoms with Crippen LogP contribution in [0.25, 0.3) is 0 Å². The summed E-state index contributed by atoms with van der Waals surface area (Å²) in [6, 6.07) is 13.8. The number of carbonyl (C=O) groups is 3. The molecule has 3 amide bonds. The Hall–Kier alpha value is -3.59. The molecule has 35 heavy (non-hydrogen) atoms. The van der Waals surface area contributed by atoms with E-state index in [-0.39, 0.29) is 12.6 Å².